The second-order valence-electron chi connectivity index (χ2n) is 6.80. The Balaban J connectivity index is 1.47. The normalized spacial score (nSPS) is 19.1. The van der Waals surface area contributed by atoms with Gasteiger partial charge in [-0.1, -0.05) is 22.0 Å². The van der Waals surface area contributed by atoms with Crippen LogP contribution in [0.25, 0.3) is 0 Å². The lowest BCUT2D eigenvalue weighted by Gasteiger charge is -2.29. The lowest BCUT2D eigenvalue weighted by molar-refractivity contribution is -0.142. The molecule has 1 aliphatic carbocycles. The number of anilines is 3. The average molecular weight is 448 g/mol. The van der Waals surface area contributed by atoms with Gasteiger partial charge in [0.2, 0.25) is 0 Å². The lowest BCUT2D eigenvalue weighted by atomic mass is 9.91. The van der Waals surface area contributed by atoms with Gasteiger partial charge in [0, 0.05) is 28.3 Å². The minimum Gasteiger partial charge on any atom is -0.465 e. The molecular formula is C20H26BrN5O2. The van der Waals surface area contributed by atoms with Crippen LogP contribution >= 0.6 is 15.9 Å². The molecule has 2 aromatic rings. The summed E-state index contributed by atoms with van der Waals surface area (Å²) in [5, 5.41) is 10.1. The number of rotatable bonds is 8. The van der Waals surface area contributed by atoms with Crippen molar-refractivity contribution in [1.29, 1.82) is 0 Å². The third-order valence-corrected chi connectivity index (χ3v) is 5.18. The monoisotopic (exact) mass is 447 g/mol. The van der Waals surface area contributed by atoms with Crippen LogP contribution in [0, 0.1) is 0 Å². The van der Waals surface area contributed by atoms with Crippen LogP contribution in [-0.4, -0.2) is 41.2 Å². The van der Waals surface area contributed by atoms with Gasteiger partial charge in [0.05, 0.1) is 13.2 Å². The van der Waals surface area contributed by atoms with Crippen LogP contribution < -0.4 is 16.0 Å². The van der Waals surface area contributed by atoms with Gasteiger partial charge >= 0.3 is 5.97 Å². The van der Waals surface area contributed by atoms with Gasteiger partial charge < -0.3 is 20.7 Å². The van der Waals surface area contributed by atoms with Gasteiger partial charge in [-0.3, -0.25) is 4.79 Å². The first-order valence-electron chi connectivity index (χ1n) is 9.62. The Morgan fingerprint density at radius 3 is 2.64 bits per heavy atom. The number of halogens is 1. The van der Waals surface area contributed by atoms with Crippen molar-refractivity contribution in [2.24, 2.45) is 0 Å². The molecule has 0 atom stereocenters. The maximum Gasteiger partial charge on any atom is 0.319 e. The second kappa shape index (κ2) is 10.4. The predicted octanol–water partition coefficient (Wildman–Crippen LogP) is 3.86. The molecule has 0 bridgehead atoms. The smallest absolute Gasteiger partial charge is 0.319 e. The van der Waals surface area contributed by atoms with Crippen LogP contribution in [-0.2, 0) is 9.53 Å². The summed E-state index contributed by atoms with van der Waals surface area (Å²) in [6.45, 7) is 2.53. The number of carbonyl (C=O) groups is 1. The molecule has 3 rings (SSSR count). The van der Waals surface area contributed by atoms with Crippen molar-refractivity contribution >= 4 is 39.2 Å². The number of nitrogens with one attached hydrogen (secondary N) is 3. The van der Waals surface area contributed by atoms with E-state index in [1.165, 1.54) is 0 Å². The van der Waals surface area contributed by atoms with Gasteiger partial charge in [-0.25, -0.2) is 9.97 Å². The summed E-state index contributed by atoms with van der Waals surface area (Å²) in [5.74, 6) is 1.38. The van der Waals surface area contributed by atoms with E-state index in [1.807, 2.05) is 37.3 Å². The number of aromatic nitrogens is 2. The number of carbonyl (C=O) groups excluding carboxylic acids is 1. The van der Waals surface area contributed by atoms with Crippen molar-refractivity contribution < 1.29 is 9.53 Å². The van der Waals surface area contributed by atoms with Crippen molar-refractivity contribution in [3.63, 3.8) is 0 Å². The molecule has 0 aliphatic heterocycles. The molecule has 1 saturated carbocycles. The fourth-order valence-corrected chi connectivity index (χ4v) is 3.71. The molecule has 28 heavy (non-hydrogen) atoms. The van der Waals surface area contributed by atoms with E-state index in [0.29, 0.717) is 18.7 Å². The maximum atomic E-state index is 11.5. The first-order chi connectivity index (χ1) is 13.6. The van der Waals surface area contributed by atoms with Gasteiger partial charge in [0.15, 0.2) is 0 Å². The van der Waals surface area contributed by atoms with Crippen LogP contribution in [0.15, 0.2) is 41.1 Å². The Hall–Kier alpha value is -2.19. The van der Waals surface area contributed by atoms with Gasteiger partial charge in [-0.15, -0.1) is 0 Å². The molecule has 8 heteroatoms. The third kappa shape index (κ3) is 6.45. The quantitative estimate of drug-likeness (QED) is 0.529. The van der Waals surface area contributed by atoms with Crippen molar-refractivity contribution in [2.75, 3.05) is 23.8 Å². The van der Waals surface area contributed by atoms with Crippen molar-refractivity contribution in [3.8, 4) is 0 Å². The van der Waals surface area contributed by atoms with Gasteiger partial charge in [-0.2, -0.15) is 0 Å². The fourth-order valence-electron chi connectivity index (χ4n) is 3.31. The summed E-state index contributed by atoms with van der Waals surface area (Å²) < 4.78 is 5.97. The zero-order valence-corrected chi connectivity index (χ0v) is 17.5. The summed E-state index contributed by atoms with van der Waals surface area (Å²) >= 11 is 3.47. The van der Waals surface area contributed by atoms with E-state index in [2.05, 4.69) is 41.8 Å². The van der Waals surface area contributed by atoms with E-state index in [1.54, 1.807) is 6.33 Å². The molecule has 1 aliphatic rings. The molecular weight excluding hydrogens is 422 g/mol. The van der Waals surface area contributed by atoms with Crippen molar-refractivity contribution in [1.82, 2.24) is 15.3 Å². The number of hydrogen-bond acceptors (Lipinski definition) is 7. The molecule has 3 N–H and O–H groups in total. The van der Waals surface area contributed by atoms with E-state index < -0.39 is 0 Å². The molecule has 1 aromatic carbocycles. The number of benzene rings is 1. The minimum absolute atomic E-state index is 0.186. The molecule has 0 saturated heterocycles. The Morgan fingerprint density at radius 1 is 1.14 bits per heavy atom. The van der Waals surface area contributed by atoms with Crippen LogP contribution in [0.4, 0.5) is 17.3 Å². The molecule has 1 fully saturated rings. The highest BCUT2D eigenvalue weighted by Gasteiger charge is 2.21. The number of nitrogens with zero attached hydrogens (tertiary/aromatic N) is 2. The predicted molar refractivity (Wildman–Crippen MR) is 114 cm³/mol. The highest BCUT2D eigenvalue weighted by molar-refractivity contribution is 9.10. The van der Waals surface area contributed by atoms with Gasteiger partial charge in [-0.05, 0) is 50.8 Å². The molecule has 1 aromatic heterocycles. The summed E-state index contributed by atoms with van der Waals surface area (Å²) in [6.07, 6.45) is 5.66. The molecule has 0 radical (unpaired) electrons. The second-order valence-corrected chi connectivity index (χ2v) is 7.72. The Labute approximate surface area is 173 Å². The van der Waals surface area contributed by atoms with E-state index >= 15 is 0 Å². The van der Waals surface area contributed by atoms with E-state index in [9.17, 15) is 4.79 Å². The van der Waals surface area contributed by atoms with E-state index in [4.69, 9.17) is 4.74 Å². The summed E-state index contributed by atoms with van der Waals surface area (Å²) in [6, 6.07) is 10.6. The lowest BCUT2D eigenvalue weighted by Crippen LogP contribution is -2.39. The third-order valence-electron chi connectivity index (χ3n) is 4.68. The highest BCUT2D eigenvalue weighted by Crippen LogP contribution is 2.23. The largest absolute Gasteiger partial charge is 0.465 e. The van der Waals surface area contributed by atoms with Gasteiger partial charge in [0.25, 0.3) is 0 Å². The van der Waals surface area contributed by atoms with Crippen LogP contribution in [0.5, 0.6) is 0 Å². The first-order valence-corrected chi connectivity index (χ1v) is 10.4. The minimum atomic E-state index is -0.186. The molecule has 150 valence electrons. The summed E-state index contributed by atoms with van der Waals surface area (Å²) in [5.41, 5.74) is 0.965. The zero-order chi connectivity index (χ0) is 19.8. The number of hydrogen-bond donors (Lipinski definition) is 3. The zero-order valence-electron chi connectivity index (χ0n) is 16.0. The summed E-state index contributed by atoms with van der Waals surface area (Å²) in [7, 11) is 0. The summed E-state index contributed by atoms with van der Waals surface area (Å²) in [4.78, 5) is 20.1. The Kier molecular flexibility index (Phi) is 7.62. The molecule has 1 heterocycles. The van der Waals surface area contributed by atoms with E-state index in [-0.39, 0.29) is 12.5 Å². The number of ether oxygens (including phenoxy) is 1. The average Bonchev–Trinajstić information content (AvgIpc) is 2.68. The topological polar surface area (TPSA) is 88.2 Å². The molecule has 0 unspecified atom stereocenters. The van der Waals surface area contributed by atoms with Gasteiger partial charge in [0.1, 0.15) is 18.0 Å². The molecule has 0 amide bonds. The van der Waals surface area contributed by atoms with Crippen molar-refractivity contribution in [3.05, 3.63) is 41.1 Å². The first kappa shape index (κ1) is 20.5. The van der Waals surface area contributed by atoms with Crippen LogP contribution in [0.2, 0.25) is 0 Å². The van der Waals surface area contributed by atoms with Crippen LogP contribution in [0.3, 0.4) is 0 Å². The number of esters is 1. The van der Waals surface area contributed by atoms with Crippen molar-refractivity contribution in [2.45, 2.75) is 44.7 Å². The van der Waals surface area contributed by atoms with E-state index in [0.717, 1.165) is 47.5 Å². The van der Waals surface area contributed by atoms with Crippen LogP contribution in [0.1, 0.15) is 32.6 Å². The molecule has 0 spiro atoms. The Bertz CT molecular complexity index is 781. The standard InChI is InChI=1S/C20H26BrN5O2/c1-2-28-20(27)12-22-15-6-8-16(9-7-15)25-18-11-19(24-13-23-18)26-17-5-3-4-14(21)10-17/h3-5,10-11,13,15-16,22H,2,6-9,12H2,1H3,(H2,23,24,25,26). The fraction of sp³-hybridized carbons (Fsp3) is 0.450. The Morgan fingerprint density at radius 2 is 1.89 bits per heavy atom. The maximum absolute atomic E-state index is 11.5. The highest BCUT2D eigenvalue weighted by atomic mass is 79.9. The SMILES string of the molecule is CCOC(=O)CNC1CCC(Nc2cc(Nc3cccc(Br)c3)ncn2)CC1. The molecule has 7 nitrogen and oxygen atoms in total.